The Balaban J connectivity index is 2.19. The first-order valence-corrected chi connectivity index (χ1v) is 11.8. The van der Waals surface area contributed by atoms with Crippen LogP contribution in [0.25, 0.3) is 0 Å². The number of H-pyrrole nitrogens is 1. The fraction of sp³-hybridized carbons (Fsp3) is 0.375. The molecule has 210 valence electrons. The molecule has 0 bridgehead atoms. The number of aromatic amines is 1. The lowest BCUT2D eigenvalue weighted by atomic mass is 10.0. The smallest absolute Gasteiger partial charge is 0.326 e. The number of nitrogens with zero attached hydrogens (tertiary/aromatic N) is 1. The number of benzene rings is 1. The first kappa shape index (κ1) is 30.4. The summed E-state index contributed by atoms with van der Waals surface area (Å²) in [6.07, 6.45) is 0.853. The minimum atomic E-state index is -1.78. The van der Waals surface area contributed by atoms with E-state index in [0.29, 0.717) is 5.69 Å². The summed E-state index contributed by atoms with van der Waals surface area (Å²) in [7, 11) is 0. The molecule has 2 aromatic rings. The quantitative estimate of drug-likeness (QED) is 0.119. The largest absolute Gasteiger partial charge is 0.481 e. The summed E-state index contributed by atoms with van der Waals surface area (Å²) in [6, 6.07) is 3.15. The van der Waals surface area contributed by atoms with E-state index < -0.39 is 72.6 Å². The van der Waals surface area contributed by atoms with Crippen LogP contribution in [0, 0.1) is 0 Å². The van der Waals surface area contributed by atoms with E-state index in [-0.39, 0.29) is 19.3 Å². The van der Waals surface area contributed by atoms with Gasteiger partial charge >= 0.3 is 17.9 Å². The van der Waals surface area contributed by atoms with E-state index >= 15 is 0 Å². The lowest BCUT2D eigenvalue weighted by molar-refractivity contribution is -0.147. The zero-order chi connectivity index (χ0) is 28.9. The molecule has 0 saturated heterocycles. The van der Waals surface area contributed by atoms with Crippen LogP contribution in [0.5, 0.6) is 0 Å². The number of nitrogens with two attached hydrogens (primary N) is 1. The Morgan fingerprint density at radius 1 is 0.821 bits per heavy atom. The number of carboxylic acids is 3. The molecule has 15 heteroatoms. The zero-order valence-corrected chi connectivity index (χ0v) is 20.7. The van der Waals surface area contributed by atoms with E-state index in [2.05, 4.69) is 25.9 Å². The van der Waals surface area contributed by atoms with Gasteiger partial charge in [0, 0.05) is 24.7 Å². The van der Waals surface area contributed by atoms with Crippen LogP contribution >= 0.6 is 0 Å². The topological polar surface area (TPSA) is 254 Å². The van der Waals surface area contributed by atoms with Crippen molar-refractivity contribution < 1.29 is 44.1 Å². The number of rotatable bonds is 16. The Hall–Kier alpha value is -4.79. The maximum absolute atomic E-state index is 13.1. The number of amides is 3. The normalized spacial score (nSPS) is 13.8. The monoisotopic (exact) mass is 546 g/mol. The van der Waals surface area contributed by atoms with E-state index in [4.69, 9.17) is 15.9 Å². The summed E-state index contributed by atoms with van der Waals surface area (Å²) < 4.78 is 0. The van der Waals surface area contributed by atoms with Gasteiger partial charge in [0.05, 0.1) is 18.8 Å². The molecule has 39 heavy (non-hydrogen) atoms. The summed E-state index contributed by atoms with van der Waals surface area (Å²) >= 11 is 0. The van der Waals surface area contributed by atoms with E-state index in [1.165, 1.54) is 12.5 Å². The lowest BCUT2D eigenvalue weighted by Gasteiger charge is -2.24. The van der Waals surface area contributed by atoms with Crippen LogP contribution in [0.2, 0.25) is 0 Å². The van der Waals surface area contributed by atoms with Gasteiger partial charge < -0.3 is 42.0 Å². The molecule has 9 N–H and O–H groups in total. The van der Waals surface area contributed by atoms with Crippen LogP contribution in [-0.4, -0.2) is 85.1 Å². The molecule has 1 aromatic heterocycles. The van der Waals surface area contributed by atoms with Crippen LogP contribution in [0.4, 0.5) is 0 Å². The Bertz CT molecular complexity index is 1160. The van der Waals surface area contributed by atoms with Gasteiger partial charge in [-0.1, -0.05) is 30.3 Å². The Morgan fingerprint density at radius 2 is 1.44 bits per heavy atom. The summed E-state index contributed by atoms with van der Waals surface area (Å²) in [6.45, 7) is 0. The molecular formula is C24H30N6O9. The van der Waals surface area contributed by atoms with Crippen molar-refractivity contribution in [2.45, 2.75) is 56.3 Å². The van der Waals surface area contributed by atoms with Crippen molar-refractivity contribution in [3.63, 3.8) is 0 Å². The van der Waals surface area contributed by atoms with E-state index in [1.54, 1.807) is 30.3 Å². The molecule has 0 aliphatic rings. The predicted octanol–water partition coefficient (Wildman–Crippen LogP) is -1.60. The molecule has 0 aliphatic heterocycles. The summed E-state index contributed by atoms with van der Waals surface area (Å²) in [5.41, 5.74) is 7.11. The van der Waals surface area contributed by atoms with Crippen molar-refractivity contribution >= 4 is 35.6 Å². The number of hydrogen-bond acceptors (Lipinski definition) is 8. The molecule has 0 spiro atoms. The molecule has 0 saturated carbocycles. The van der Waals surface area contributed by atoms with Crippen molar-refractivity contribution in [2.24, 2.45) is 5.73 Å². The average molecular weight is 547 g/mol. The molecule has 0 radical (unpaired) electrons. The summed E-state index contributed by atoms with van der Waals surface area (Å²) in [5, 5.41) is 34.2. The first-order valence-electron chi connectivity index (χ1n) is 11.8. The van der Waals surface area contributed by atoms with E-state index in [1.807, 2.05) is 0 Å². The van der Waals surface area contributed by atoms with Crippen LogP contribution in [0.15, 0.2) is 42.9 Å². The molecule has 2 rings (SSSR count). The third kappa shape index (κ3) is 10.6. The number of nitrogens with one attached hydrogen (secondary N) is 4. The van der Waals surface area contributed by atoms with Gasteiger partial charge in [-0.05, 0) is 18.4 Å². The van der Waals surface area contributed by atoms with Crippen molar-refractivity contribution in [1.29, 1.82) is 0 Å². The number of carboxylic acid groups (broad SMARTS) is 3. The minimum Gasteiger partial charge on any atom is -0.481 e. The van der Waals surface area contributed by atoms with Gasteiger partial charge in [0.15, 0.2) is 0 Å². The number of carbonyl (C=O) groups is 6. The predicted molar refractivity (Wildman–Crippen MR) is 133 cm³/mol. The van der Waals surface area contributed by atoms with Crippen LogP contribution < -0.4 is 21.7 Å². The van der Waals surface area contributed by atoms with Gasteiger partial charge in [0.2, 0.25) is 17.7 Å². The van der Waals surface area contributed by atoms with E-state index in [0.717, 1.165) is 5.56 Å². The lowest BCUT2D eigenvalue weighted by Crippen LogP contribution is -2.58. The highest BCUT2D eigenvalue weighted by Gasteiger charge is 2.31. The third-order valence-electron chi connectivity index (χ3n) is 5.52. The summed E-state index contributed by atoms with van der Waals surface area (Å²) in [5.74, 6) is -6.99. The molecule has 4 unspecified atom stereocenters. The van der Waals surface area contributed by atoms with Crippen molar-refractivity contribution in [2.75, 3.05) is 0 Å². The van der Waals surface area contributed by atoms with E-state index in [9.17, 15) is 33.9 Å². The molecule has 4 atom stereocenters. The third-order valence-corrected chi connectivity index (χ3v) is 5.52. The molecule has 0 aliphatic carbocycles. The first-order chi connectivity index (χ1) is 18.5. The Labute approximate surface area is 222 Å². The van der Waals surface area contributed by atoms with Gasteiger partial charge in [-0.25, -0.2) is 9.78 Å². The molecule has 0 fully saturated rings. The number of hydrogen-bond donors (Lipinski definition) is 8. The molecule has 1 heterocycles. The zero-order valence-electron chi connectivity index (χ0n) is 20.7. The SMILES string of the molecule is NC(Cc1ccccc1)C(=O)NC(CCC(=O)O)C(=O)NC(Cc1cnc[nH]1)C(=O)NC(CC(=O)O)C(=O)O. The van der Waals surface area contributed by atoms with Crippen molar-refractivity contribution in [3.05, 3.63) is 54.1 Å². The number of carbonyl (C=O) groups excluding carboxylic acids is 3. The van der Waals surface area contributed by atoms with Gasteiger partial charge in [-0.3, -0.25) is 24.0 Å². The Kier molecular flexibility index (Phi) is 11.6. The maximum Gasteiger partial charge on any atom is 0.326 e. The maximum atomic E-state index is 13.1. The van der Waals surface area contributed by atoms with Crippen molar-refractivity contribution in [3.8, 4) is 0 Å². The second kappa shape index (κ2) is 14.8. The van der Waals surface area contributed by atoms with Crippen LogP contribution in [0.3, 0.4) is 0 Å². The molecule has 3 amide bonds. The number of imidazole rings is 1. The second-order valence-corrected chi connectivity index (χ2v) is 8.63. The van der Waals surface area contributed by atoms with Gasteiger partial charge in [0.1, 0.15) is 18.1 Å². The highest BCUT2D eigenvalue weighted by atomic mass is 16.4. The number of aliphatic carboxylic acids is 3. The summed E-state index contributed by atoms with van der Waals surface area (Å²) in [4.78, 5) is 78.9. The molecule has 1 aromatic carbocycles. The van der Waals surface area contributed by atoms with Crippen molar-refractivity contribution in [1.82, 2.24) is 25.9 Å². The Morgan fingerprint density at radius 3 is 2.00 bits per heavy atom. The average Bonchev–Trinajstić information content (AvgIpc) is 3.38. The van der Waals surface area contributed by atoms with Crippen LogP contribution in [0.1, 0.15) is 30.5 Å². The van der Waals surface area contributed by atoms with Gasteiger partial charge in [-0.15, -0.1) is 0 Å². The second-order valence-electron chi connectivity index (χ2n) is 8.63. The molecule has 15 nitrogen and oxygen atoms in total. The van der Waals surface area contributed by atoms with Gasteiger partial charge in [-0.2, -0.15) is 0 Å². The molecular weight excluding hydrogens is 516 g/mol. The standard InChI is InChI=1S/C24H30N6O9/c25-15(8-13-4-2-1-3-5-13)21(35)28-16(6-7-19(31)32)22(36)29-17(9-14-11-26-12-27-14)23(37)30-18(24(38)39)10-20(33)34/h1-5,11-12,15-18H,6-10,25H2,(H,26,27)(H,28,35)(H,29,36)(H,30,37)(H,31,32)(H,33,34)(H,38,39). The fourth-order valence-electron chi connectivity index (χ4n) is 3.52. The highest BCUT2D eigenvalue weighted by molar-refractivity contribution is 5.95. The number of aromatic nitrogens is 2. The van der Waals surface area contributed by atoms with Gasteiger partial charge in [0.25, 0.3) is 0 Å². The minimum absolute atomic E-state index is 0.144. The fourth-order valence-corrected chi connectivity index (χ4v) is 3.52. The highest BCUT2D eigenvalue weighted by Crippen LogP contribution is 2.06. The van der Waals surface area contributed by atoms with Crippen LogP contribution in [-0.2, 0) is 41.6 Å².